The summed E-state index contributed by atoms with van der Waals surface area (Å²) in [5, 5.41) is 10.3. The molecule has 3 rings (SSSR count). The molecule has 3 amide bonds. The second-order valence-corrected chi connectivity index (χ2v) is 13.8. The van der Waals surface area contributed by atoms with Gasteiger partial charge < -0.3 is 24.8 Å². The average molecular weight is 830 g/mol. The number of aldehydes is 1. The third-order valence-corrected chi connectivity index (χ3v) is 6.54. The van der Waals surface area contributed by atoms with E-state index >= 15 is 0 Å². The van der Waals surface area contributed by atoms with E-state index in [0.717, 1.165) is 6.29 Å². The van der Waals surface area contributed by atoms with Gasteiger partial charge in [-0.1, -0.05) is 101 Å². The van der Waals surface area contributed by atoms with Crippen molar-refractivity contribution in [2.75, 3.05) is 26.0 Å². The molecule has 4 N–H and O–H groups in total. The molecule has 0 atom stereocenters. The smallest absolute Gasteiger partial charge is 0.414 e. The number of aryl methyl sites for hydroxylation is 1. The Hall–Kier alpha value is -6.34. The van der Waals surface area contributed by atoms with Gasteiger partial charge in [0.1, 0.15) is 17.5 Å². The molecule has 13 heteroatoms. The van der Waals surface area contributed by atoms with E-state index < -0.39 is 29.4 Å². The molecule has 0 fully saturated rings. The summed E-state index contributed by atoms with van der Waals surface area (Å²) < 4.78 is 14.9. The topological polar surface area (TPSA) is 174 Å². The molecule has 0 aliphatic rings. The number of hydrogen-bond donors (Lipinski definition) is 4. The number of anilines is 1. The van der Waals surface area contributed by atoms with E-state index in [9.17, 15) is 24.0 Å². The zero-order valence-electron chi connectivity index (χ0n) is 37.9. The van der Waals surface area contributed by atoms with E-state index in [1.807, 2.05) is 40.7 Å². The van der Waals surface area contributed by atoms with E-state index in [1.165, 1.54) is 23.8 Å². The molecule has 0 bridgehead atoms. The fourth-order valence-corrected chi connectivity index (χ4v) is 4.09. The Morgan fingerprint density at radius 3 is 1.63 bits per heavy atom. The second kappa shape index (κ2) is 30.7. The standard InChI is InChI=1S/C20H31N5O5.C14H16.C9H8O3.2C2H6/c1-19(2,3)29-17(27)24-16(25-18(28)30-20(4,5)6)23-14-10-8-13(9-11-14)22-15(26)12-21-7;1-4-6-7-13(5-2)14-10-8-12(3)9-11-14;1-12-9(11)8-4-2-7(6-10)3-5-8;2*1-2/h8-11,21H,12H2,1-7H3,(H,22,26)(H2,23,24,25,27,28);4-11H,1H2,2-3H3;2-6H,1H3;2*1-2H3/b;7-6-,13-5+;;;. The van der Waals surface area contributed by atoms with Crippen molar-refractivity contribution in [3.8, 4) is 0 Å². The molecule has 3 aromatic carbocycles. The predicted octanol–water partition coefficient (Wildman–Crippen LogP) is 10.4. The van der Waals surface area contributed by atoms with Crippen LogP contribution in [-0.2, 0) is 19.0 Å². The monoisotopic (exact) mass is 829 g/mol. The highest BCUT2D eigenvalue weighted by Gasteiger charge is 2.21. The van der Waals surface area contributed by atoms with Crippen LogP contribution in [0.4, 0.5) is 21.0 Å². The number of ether oxygens (including phenoxy) is 3. The highest BCUT2D eigenvalue weighted by atomic mass is 16.6. The Morgan fingerprint density at radius 1 is 0.750 bits per heavy atom. The number of nitrogens with zero attached hydrogens (tertiary/aromatic N) is 1. The van der Waals surface area contributed by atoms with Crippen LogP contribution in [0.15, 0.2) is 109 Å². The predicted molar refractivity (Wildman–Crippen MR) is 245 cm³/mol. The molecule has 328 valence electrons. The number of nitrogens with one attached hydrogen (secondary N) is 4. The van der Waals surface area contributed by atoms with Crippen molar-refractivity contribution in [1.29, 1.82) is 0 Å². The number of carbonyl (C=O) groups is 5. The number of carbonyl (C=O) groups excluding carboxylic acids is 5. The number of alkyl carbamates (subject to hydrolysis) is 2. The van der Waals surface area contributed by atoms with Crippen molar-refractivity contribution in [3.63, 3.8) is 0 Å². The SMILES string of the molecule is C=C/C=C\C(=C/C)c1ccc(C)cc1.CC.CC.CNCC(=O)Nc1ccc(N=C(NC(=O)OC(C)(C)C)NC(=O)OC(C)(C)C)cc1.COC(=O)c1ccc(C=O)cc1. The van der Waals surface area contributed by atoms with Gasteiger partial charge in [-0.15, -0.1) is 0 Å². The normalized spacial score (nSPS) is 10.4. The summed E-state index contributed by atoms with van der Waals surface area (Å²) in [6.07, 6.45) is 7.07. The highest BCUT2D eigenvalue weighted by Crippen LogP contribution is 2.18. The summed E-state index contributed by atoms with van der Waals surface area (Å²) in [5.74, 6) is -0.745. The Labute approximate surface area is 357 Å². The number of amides is 3. The van der Waals surface area contributed by atoms with E-state index in [0.29, 0.717) is 22.5 Å². The number of esters is 1. The average Bonchev–Trinajstić information content (AvgIpc) is 3.20. The lowest BCUT2D eigenvalue weighted by molar-refractivity contribution is -0.115. The van der Waals surface area contributed by atoms with Crippen molar-refractivity contribution in [3.05, 3.63) is 126 Å². The minimum atomic E-state index is -0.784. The van der Waals surface area contributed by atoms with Gasteiger partial charge in [-0.3, -0.25) is 20.2 Å². The second-order valence-electron chi connectivity index (χ2n) is 13.8. The number of allylic oxidation sites excluding steroid dienone is 5. The van der Waals surface area contributed by atoms with Crippen LogP contribution >= 0.6 is 0 Å². The van der Waals surface area contributed by atoms with Gasteiger partial charge in [0.2, 0.25) is 11.9 Å². The van der Waals surface area contributed by atoms with Crippen molar-refractivity contribution in [2.45, 2.75) is 94.3 Å². The number of aliphatic imine (C=N–C) groups is 1. The van der Waals surface area contributed by atoms with E-state index in [1.54, 1.807) is 103 Å². The summed E-state index contributed by atoms with van der Waals surface area (Å²) in [6.45, 7) is 26.3. The first kappa shape index (κ1) is 55.8. The first-order chi connectivity index (χ1) is 28.3. The summed E-state index contributed by atoms with van der Waals surface area (Å²) in [7, 11) is 2.99. The largest absolute Gasteiger partial charge is 0.465 e. The third-order valence-electron chi connectivity index (χ3n) is 6.54. The molecule has 0 radical (unpaired) electrons. The van der Waals surface area contributed by atoms with Crippen molar-refractivity contribution in [1.82, 2.24) is 16.0 Å². The van der Waals surface area contributed by atoms with Crippen LogP contribution in [0.5, 0.6) is 0 Å². The molecular formula is C47H67N5O8. The Bertz CT molecular complexity index is 1800. The number of guanidine groups is 1. The van der Waals surface area contributed by atoms with Gasteiger partial charge in [-0.2, -0.15) is 0 Å². The van der Waals surface area contributed by atoms with Gasteiger partial charge in [0, 0.05) is 11.3 Å². The fourth-order valence-electron chi connectivity index (χ4n) is 4.09. The minimum absolute atomic E-state index is 0.162. The zero-order chi connectivity index (χ0) is 46.3. The third kappa shape index (κ3) is 26.6. The highest BCUT2D eigenvalue weighted by molar-refractivity contribution is 6.02. The molecule has 13 nitrogen and oxygen atoms in total. The number of likely N-dealkylation sites (N-methyl/N-ethyl adjacent to an activating group) is 1. The van der Waals surface area contributed by atoms with Crippen molar-refractivity contribution >= 4 is 53.3 Å². The van der Waals surface area contributed by atoms with Crippen LogP contribution in [-0.4, -0.2) is 68.2 Å². The molecule has 0 aliphatic heterocycles. The number of benzene rings is 3. The maximum Gasteiger partial charge on any atom is 0.414 e. The molecule has 0 aromatic heterocycles. The first-order valence-electron chi connectivity index (χ1n) is 19.6. The lowest BCUT2D eigenvalue weighted by Crippen LogP contribution is -2.47. The Morgan fingerprint density at radius 2 is 1.23 bits per heavy atom. The van der Waals surface area contributed by atoms with Gasteiger partial charge in [-0.25, -0.2) is 19.4 Å². The molecule has 0 heterocycles. The molecule has 0 saturated carbocycles. The molecule has 0 spiro atoms. The molecule has 3 aromatic rings. The molecule has 60 heavy (non-hydrogen) atoms. The summed E-state index contributed by atoms with van der Waals surface area (Å²) in [5.41, 5.74) is 4.30. The molecule has 0 saturated heterocycles. The van der Waals surface area contributed by atoms with E-state index in [4.69, 9.17) is 9.47 Å². The van der Waals surface area contributed by atoms with E-state index in [2.05, 4.69) is 80.9 Å². The zero-order valence-corrected chi connectivity index (χ0v) is 37.9. The van der Waals surface area contributed by atoms with Crippen LogP contribution in [0.2, 0.25) is 0 Å². The quantitative estimate of drug-likeness (QED) is 0.0409. The molecule has 0 aliphatic carbocycles. The lowest BCUT2D eigenvalue weighted by Gasteiger charge is -2.22. The maximum atomic E-state index is 12.1. The van der Waals surface area contributed by atoms with Crippen LogP contribution in [0.1, 0.15) is 108 Å². The van der Waals surface area contributed by atoms with Gasteiger partial charge in [0.15, 0.2) is 0 Å². The van der Waals surface area contributed by atoms with Crippen molar-refractivity contribution < 1.29 is 38.2 Å². The fraction of sp³-hybridized carbons (Fsp3) is 0.362. The minimum Gasteiger partial charge on any atom is -0.465 e. The number of rotatable bonds is 9. The number of hydrogen-bond acceptors (Lipinski definition) is 10. The Balaban J connectivity index is 0. The van der Waals surface area contributed by atoms with Crippen LogP contribution in [0.25, 0.3) is 5.57 Å². The van der Waals surface area contributed by atoms with Gasteiger partial charge in [-0.05, 0) is 110 Å². The molecular weight excluding hydrogens is 763 g/mol. The van der Waals surface area contributed by atoms with E-state index in [-0.39, 0.29) is 18.4 Å². The van der Waals surface area contributed by atoms with Gasteiger partial charge in [0.05, 0.1) is 24.9 Å². The van der Waals surface area contributed by atoms with Crippen molar-refractivity contribution in [2.24, 2.45) is 4.99 Å². The summed E-state index contributed by atoms with van der Waals surface area (Å²) in [4.78, 5) is 61.2. The Kier molecular flexibility index (Phi) is 28.5. The van der Waals surface area contributed by atoms with Gasteiger partial charge >= 0.3 is 18.2 Å². The lowest BCUT2D eigenvalue weighted by atomic mass is 10.0. The molecule has 0 unspecified atom stereocenters. The van der Waals surface area contributed by atoms with Gasteiger partial charge in [0.25, 0.3) is 0 Å². The van der Waals surface area contributed by atoms with Crippen LogP contribution in [0, 0.1) is 6.92 Å². The maximum absolute atomic E-state index is 12.1. The summed E-state index contributed by atoms with van der Waals surface area (Å²) in [6, 6.07) is 21.3. The number of methoxy groups -OCH3 is 1. The first-order valence-corrected chi connectivity index (χ1v) is 19.6. The summed E-state index contributed by atoms with van der Waals surface area (Å²) >= 11 is 0. The van der Waals surface area contributed by atoms with Crippen LogP contribution < -0.4 is 21.3 Å². The van der Waals surface area contributed by atoms with Crippen LogP contribution in [0.3, 0.4) is 0 Å².